The molecular weight excluding hydrogens is 464 g/mol. The third-order valence-electron chi connectivity index (χ3n) is 6.24. The molecule has 0 bridgehead atoms. The van der Waals surface area contributed by atoms with Gasteiger partial charge in [0.05, 0.1) is 31.9 Å². The molecule has 0 saturated carbocycles. The molecule has 1 aromatic heterocycles. The average Bonchev–Trinajstić information content (AvgIpc) is 3.25. The smallest absolute Gasteiger partial charge is 0.340 e. The Bertz CT molecular complexity index is 1370. The number of allylic oxidation sites excluding steroid dienone is 1. The topological polar surface area (TPSA) is 60.8 Å². The maximum atomic E-state index is 13.6. The lowest BCUT2D eigenvalue weighted by molar-refractivity contribution is -0.136. The molecule has 1 amide bonds. The lowest BCUT2D eigenvalue weighted by atomic mass is 10.0. The molecule has 1 aliphatic rings. The maximum absolute atomic E-state index is 13.6. The van der Waals surface area contributed by atoms with E-state index in [0.717, 1.165) is 34.0 Å². The number of amides is 1. The van der Waals surface area contributed by atoms with Crippen LogP contribution in [0.1, 0.15) is 29.4 Å². The van der Waals surface area contributed by atoms with Crippen molar-refractivity contribution in [2.75, 3.05) is 14.2 Å². The van der Waals surface area contributed by atoms with Crippen LogP contribution in [0.4, 0.5) is 0 Å². The molecule has 3 aromatic rings. The summed E-state index contributed by atoms with van der Waals surface area (Å²) in [6.45, 7) is 6.06. The molecule has 7 heteroatoms. The Balaban J connectivity index is 1.75. The maximum Gasteiger partial charge on any atom is 0.340 e. The van der Waals surface area contributed by atoms with E-state index in [1.165, 1.54) is 7.11 Å². The van der Waals surface area contributed by atoms with Crippen LogP contribution in [0.5, 0.6) is 5.75 Å². The molecule has 180 valence electrons. The van der Waals surface area contributed by atoms with E-state index in [-0.39, 0.29) is 11.5 Å². The van der Waals surface area contributed by atoms with Crippen molar-refractivity contribution in [3.05, 3.63) is 99.0 Å². The monoisotopic (exact) mass is 490 g/mol. The molecule has 2 aromatic carbocycles. The number of carbonyl (C=O) groups excluding carboxylic acids is 2. The predicted octanol–water partition coefficient (Wildman–Crippen LogP) is 5.63. The van der Waals surface area contributed by atoms with Gasteiger partial charge < -0.3 is 18.9 Å². The number of aromatic nitrogens is 1. The van der Waals surface area contributed by atoms with Gasteiger partial charge in [-0.3, -0.25) is 4.79 Å². The number of ether oxygens (including phenoxy) is 2. The Morgan fingerprint density at radius 3 is 2.37 bits per heavy atom. The van der Waals surface area contributed by atoms with E-state index in [1.54, 1.807) is 25.0 Å². The molecule has 0 unspecified atom stereocenters. The van der Waals surface area contributed by atoms with Crippen molar-refractivity contribution >= 4 is 29.6 Å². The van der Waals surface area contributed by atoms with Gasteiger partial charge in [-0.15, -0.1) is 0 Å². The summed E-state index contributed by atoms with van der Waals surface area (Å²) < 4.78 is 12.3. The lowest BCUT2D eigenvalue weighted by Crippen LogP contribution is -2.24. The van der Waals surface area contributed by atoms with E-state index in [2.05, 4.69) is 4.57 Å². The molecule has 6 nitrogen and oxygen atoms in total. The Labute approximate surface area is 210 Å². The van der Waals surface area contributed by atoms with Gasteiger partial charge >= 0.3 is 5.97 Å². The minimum atomic E-state index is -0.539. The predicted molar refractivity (Wildman–Crippen MR) is 136 cm³/mol. The highest BCUT2D eigenvalue weighted by molar-refractivity contribution is 6.30. The number of rotatable bonds is 6. The van der Waals surface area contributed by atoms with Crippen molar-refractivity contribution in [3.63, 3.8) is 0 Å². The summed E-state index contributed by atoms with van der Waals surface area (Å²) >= 11 is 6.21. The van der Waals surface area contributed by atoms with E-state index in [0.29, 0.717) is 22.8 Å². The van der Waals surface area contributed by atoms with Gasteiger partial charge in [-0.05, 0) is 74.4 Å². The van der Waals surface area contributed by atoms with Crippen LogP contribution in [0.15, 0.2) is 71.4 Å². The zero-order valence-corrected chi connectivity index (χ0v) is 21.1. The molecule has 0 radical (unpaired) electrons. The number of carbonyl (C=O) groups is 2. The minimum Gasteiger partial charge on any atom is -0.497 e. The highest BCUT2D eigenvalue weighted by atomic mass is 35.5. The quantitative estimate of drug-likeness (QED) is 0.332. The number of halogens is 1. The summed E-state index contributed by atoms with van der Waals surface area (Å²) in [7, 11) is 2.93. The van der Waals surface area contributed by atoms with E-state index in [9.17, 15) is 9.59 Å². The van der Waals surface area contributed by atoms with Crippen LogP contribution in [0.2, 0.25) is 5.02 Å². The Morgan fingerprint density at radius 1 is 1.03 bits per heavy atom. The molecule has 2 heterocycles. The molecule has 0 saturated heterocycles. The summed E-state index contributed by atoms with van der Waals surface area (Å²) in [5.41, 5.74) is 5.75. The Morgan fingerprint density at radius 2 is 1.74 bits per heavy atom. The van der Waals surface area contributed by atoms with Gasteiger partial charge in [0.2, 0.25) is 0 Å². The third kappa shape index (κ3) is 4.62. The Kier molecular flexibility index (Phi) is 6.85. The van der Waals surface area contributed by atoms with Crippen LogP contribution in [0.25, 0.3) is 11.8 Å². The second kappa shape index (κ2) is 9.84. The van der Waals surface area contributed by atoms with Gasteiger partial charge in [0.25, 0.3) is 5.91 Å². The fourth-order valence-corrected chi connectivity index (χ4v) is 4.62. The summed E-state index contributed by atoms with van der Waals surface area (Å²) in [6.07, 6.45) is 1.77. The molecule has 0 N–H and O–H groups in total. The van der Waals surface area contributed by atoms with Gasteiger partial charge in [0, 0.05) is 27.8 Å². The number of methoxy groups -OCH3 is 2. The van der Waals surface area contributed by atoms with Gasteiger partial charge in [0.1, 0.15) is 5.75 Å². The van der Waals surface area contributed by atoms with Crippen LogP contribution in [0, 0.1) is 13.8 Å². The first kappa shape index (κ1) is 24.4. The second-order valence-corrected chi connectivity index (χ2v) is 8.83. The van der Waals surface area contributed by atoms with Crippen LogP contribution in [0.3, 0.4) is 0 Å². The Hall–Kier alpha value is -3.77. The van der Waals surface area contributed by atoms with Gasteiger partial charge in [-0.25, -0.2) is 4.79 Å². The fraction of sp³-hybridized carbons (Fsp3) is 0.214. The van der Waals surface area contributed by atoms with E-state index in [4.69, 9.17) is 21.1 Å². The fourth-order valence-electron chi connectivity index (χ4n) is 4.43. The average molecular weight is 491 g/mol. The van der Waals surface area contributed by atoms with E-state index >= 15 is 0 Å². The third-order valence-corrected chi connectivity index (χ3v) is 6.47. The van der Waals surface area contributed by atoms with Crippen molar-refractivity contribution in [1.29, 1.82) is 0 Å². The first-order valence-corrected chi connectivity index (χ1v) is 11.5. The number of hydrogen-bond donors (Lipinski definition) is 0. The zero-order chi connectivity index (χ0) is 25.3. The number of aryl methyl sites for hydroxylation is 1. The normalized spacial score (nSPS) is 14.7. The van der Waals surface area contributed by atoms with Crippen molar-refractivity contribution < 1.29 is 19.1 Å². The number of nitrogens with zero attached hydrogens (tertiary/aromatic N) is 2. The van der Waals surface area contributed by atoms with Gasteiger partial charge in [-0.2, -0.15) is 0 Å². The van der Waals surface area contributed by atoms with Crippen molar-refractivity contribution in [3.8, 4) is 11.4 Å². The van der Waals surface area contributed by atoms with Gasteiger partial charge in [0.15, 0.2) is 0 Å². The van der Waals surface area contributed by atoms with Crippen LogP contribution >= 0.6 is 11.6 Å². The molecular formula is C28H27ClN2O4. The van der Waals surface area contributed by atoms with Gasteiger partial charge in [-0.1, -0.05) is 29.8 Å². The number of hydrogen-bond acceptors (Lipinski definition) is 4. The van der Waals surface area contributed by atoms with Crippen LogP contribution in [-0.4, -0.2) is 35.6 Å². The van der Waals surface area contributed by atoms with Crippen molar-refractivity contribution in [2.24, 2.45) is 0 Å². The SMILES string of the molecule is COC(=O)C1=C(C)N(Cc2ccc(OC)cc2)C(=O)C1=Cc1cc(C)n(-c2cccc(Cl)c2)c1C. The molecule has 0 fully saturated rings. The largest absolute Gasteiger partial charge is 0.497 e. The molecule has 4 rings (SSSR count). The van der Waals surface area contributed by atoms with Crippen LogP contribution in [-0.2, 0) is 20.9 Å². The van der Waals surface area contributed by atoms with E-state index in [1.807, 2.05) is 68.4 Å². The minimum absolute atomic E-state index is 0.244. The molecule has 1 aliphatic heterocycles. The highest BCUT2D eigenvalue weighted by Crippen LogP contribution is 2.34. The zero-order valence-electron chi connectivity index (χ0n) is 20.4. The highest BCUT2D eigenvalue weighted by Gasteiger charge is 2.37. The first-order chi connectivity index (χ1) is 16.7. The van der Waals surface area contributed by atoms with Crippen LogP contribution < -0.4 is 4.74 Å². The number of esters is 1. The molecule has 0 aliphatic carbocycles. The summed E-state index contributed by atoms with van der Waals surface area (Å²) in [5.74, 6) is -0.0473. The number of benzene rings is 2. The summed E-state index contributed by atoms with van der Waals surface area (Å²) in [6, 6.07) is 17.1. The van der Waals surface area contributed by atoms with Crippen molar-refractivity contribution in [2.45, 2.75) is 27.3 Å². The summed E-state index contributed by atoms with van der Waals surface area (Å²) in [4.78, 5) is 27.9. The molecule has 35 heavy (non-hydrogen) atoms. The standard InChI is InChI=1S/C28H27ClN2O4/c1-17-13-21(18(2)31(17)23-8-6-7-22(29)15-23)14-25-26(28(33)35-5)19(3)30(27(25)32)16-20-9-11-24(34-4)12-10-20/h6-15H,16H2,1-5H3. The molecule has 0 atom stereocenters. The summed E-state index contributed by atoms with van der Waals surface area (Å²) in [5, 5.41) is 0.640. The molecule has 0 spiro atoms. The second-order valence-electron chi connectivity index (χ2n) is 8.39. The van der Waals surface area contributed by atoms with Crippen molar-refractivity contribution in [1.82, 2.24) is 9.47 Å². The first-order valence-electron chi connectivity index (χ1n) is 11.2. The lowest BCUT2D eigenvalue weighted by Gasteiger charge is -2.18. The van der Waals surface area contributed by atoms with E-state index < -0.39 is 5.97 Å².